The molecule has 140 valence electrons. The molecule has 2 aromatic rings. The molecule has 0 amide bonds. The van der Waals surface area contributed by atoms with Crippen molar-refractivity contribution < 1.29 is 21.2 Å². The molecule has 0 saturated heterocycles. The van der Waals surface area contributed by atoms with Crippen LogP contribution < -0.4 is 9.03 Å². The van der Waals surface area contributed by atoms with E-state index in [2.05, 4.69) is 4.72 Å². The third-order valence-electron chi connectivity index (χ3n) is 4.00. The van der Waals surface area contributed by atoms with Crippen LogP contribution in [0, 0.1) is 5.82 Å². The minimum Gasteiger partial charge on any atom is -0.267 e. The average Bonchev–Trinajstić information content (AvgIpc) is 3.40. The van der Waals surface area contributed by atoms with Gasteiger partial charge in [0.1, 0.15) is 5.82 Å². The Bertz CT molecular complexity index is 1000. The van der Waals surface area contributed by atoms with Crippen LogP contribution in [0.3, 0.4) is 0 Å². The first kappa shape index (κ1) is 18.8. The fourth-order valence-electron chi connectivity index (χ4n) is 2.52. The van der Waals surface area contributed by atoms with Gasteiger partial charge < -0.3 is 0 Å². The van der Waals surface area contributed by atoms with Crippen LogP contribution in [-0.4, -0.2) is 29.4 Å². The number of nitrogens with one attached hydrogen (secondary N) is 1. The molecule has 0 radical (unpaired) electrons. The first-order chi connectivity index (χ1) is 12.2. The van der Waals surface area contributed by atoms with Gasteiger partial charge >= 0.3 is 0 Å². The summed E-state index contributed by atoms with van der Waals surface area (Å²) in [5.74, 6) is -0.471. The minimum atomic E-state index is -3.99. The highest BCUT2D eigenvalue weighted by Gasteiger charge is 2.30. The molecule has 6 nitrogen and oxygen atoms in total. The van der Waals surface area contributed by atoms with Crippen molar-refractivity contribution in [2.75, 3.05) is 10.8 Å². The van der Waals surface area contributed by atoms with Crippen molar-refractivity contribution >= 4 is 25.7 Å². The summed E-state index contributed by atoms with van der Waals surface area (Å²) in [5, 5.41) is 0. The van der Waals surface area contributed by atoms with Crippen LogP contribution in [0.4, 0.5) is 10.1 Å². The monoisotopic (exact) mass is 398 g/mol. The van der Waals surface area contributed by atoms with Crippen LogP contribution in [0.2, 0.25) is 0 Å². The Hall–Kier alpha value is -1.97. The standard InChI is InChI=1S/C17H19FN2O4S2/c1-2-20(15-10-6-13(18)7-11-15)26(23,24)17-5-3-4-16(12-17)25(21,22)19-14-8-9-14/h3-7,10-12,14,19H,2,8-9H2,1H3. The van der Waals surface area contributed by atoms with Gasteiger partial charge in [0.2, 0.25) is 10.0 Å². The second-order valence-corrected chi connectivity index (χ2v) is 9.59. The second-order valence-electron chi connectivity index (χ2n) is 6.02. The predicted molar refractivity (Wildman–Crippen MR) is 96.4 cm³/mol. The van der Waals surface area contributed by atoms with Crippen molar-refractivity contribution in [3.8, 4) is 0 Å². The quantitative estimate of drug-likeness (QED) is 0.777. The largest absolute Gasteiger partial charge is 0.267 e. The highest BCUT2D eigenvalue weighted by molar-refractivity contribution is 7.93. The highest BCUT2D eigenvalue weighted by atomic mass is 32.2. The molecule has 0 spiro atoms. The maximum atomic E-state index is 13.1. The summed E-state index contributed by atoms with van der Waals surface area (Å²) in [5.41, 5.74) is 0.304. The first-order valence-electron chi connectivity index (χ1n) is 8.15. The molecular weight excluding hydrogens is 379 g/mol. The number of hydrogen-bond acceptors (Lipinski definition) is 4. The van der Waals surface area contributed by atoms with Gasteiger partial charge in [0.05, 0.1) is 15.5 Å². The molecule has 0 bridgehead atoms. The van der Waals surface area contributed by atoms with E-state index in [0.717, 1.165) is 23.2 Å². The van der Waals surface area contributed by atoms with Crippen LogP contribution in [0.5, 0.6) is 0 Å². The van der Waals surface area contributed by atoms with E-state index < -0.39 is 25.9 Å². The molecule has 0 heterocycles. The Kier molecular flexibility index (Phi) is 5.05. The van der Waals surface area contributed by atoms with E-state index in [1.54, 1.807) is 6.92 Å². The number of rotatable bonds is 7. The third kappa shape index (κ3) is 3.89. The normalized spacial score (nSPS) is 15.0. The topological polar surface area (TPSA) is 83.6 Å². The smallest absolute Gasteiger partial charge is 0.264 e. The SMILES string of the molecule is CCN(c1ccc(F)cc1)S(=O)(=O)c1cccc(S(=O)(=O)NC2CC2)c1. The van der Waals surface area contributed by atoms with Crippen molar-refractivity contribution in [2.45, 2.75) is 35.6 Å². The Morgan fingerprint density at radius 3 is 2.23 bits per heavy atom. The van der Waals surface area contributed by atoms with Gasteiger partial charge in [-0.05, 0) is 62.2 Å². The molecule has 1 aliphatic carbocycles. The summed E-state index contributed by atoms with van der Waals surface area (Å²) < 4.78 is 67.4. The van der Waals surface area contributed by atoms with E-state index in [1.807, 2.05) is 0 Å². The molecule has 1 N–H and O–H groups in total. The third-order valence-corrected chi connectivity index (χ3v) is 7.42. The van der Waals surface area contributed by atoms with E-state index >= 15 is 0 Å². The summed E-state index contributed by atoms with van der Waals surface area (Å²) in [7, 11) is -7.76. The summed E-state index contributed by atoms with van der Waals surface area (Å²) >= 11 is 0. The van der Waals surface area contributed by atoms with Crippen molar-refractivity contribution in [1.82, 2.24) is 4.72 Å². The van der Waals surface area contributed by atoms with Gasteiger partial charge in [-0.1, -0.05) is 6.07 Å². The second kappa shape index (κ2) is 6.98. The van der Waals surface area contributed by atoms with E-state index in [1.165, 1.54) is 42.5 Å². The minimum absolute atomic E-state index is 0.0772. The molecule has 0 aliphatic heterocycles. The summed E-state index contributed by atoms with van der Waals surface area (Å²) in [4.78, 5) is -0.233. The number of benzene rings is 2. The fourth-order valence-corrected chi connectivity index (χ4v) is 5.46. The maximum absolute atomic E-state index is 13.1. The molecule has 0 atom stereocenters. The van der Waals surface area contributed by atoms with E-state index in [4.69, 9.17) is 0 Å². The van der Waals surface area contributed by atoms with Crippen LogP contribution >= 0.6 is 0 Å². The number of anilines is 1. The number of nitrogens with zero attached hydrogens (tertiary/aromatic N) is 1. The average molecular weight is 398 g/mol. The van der Waals surface area contributed by atoms with Gasteiger partial charge in [-0.15, -0.1) is 0 Å². The lowest BCUT2D eigenvalue weighted by molar-refractivity contribution is 0.580. The van der Waals surface area contributed by atoms with Gasteiger partial charge in [0, 0.05) is 12.6 Å². The number of hydrogen-bond donors (Lipinski definition) is 1. The molecular formula is C17H19FN2O4S2. The van der Waals surface area contributed by atoms with Crippen LogP contribution in [0.15, 0.2) is 58.3 Å². The Morgan fingerprint density at radius 2 is 1.65 bits per heavy atom. The Balaban J connectivity index is 1.98. The van der Waals surface area contributed by atoms with Gasteiger partial charge in [-0.3, -0.25) is 4.31 Å². The van der Waals surface area contributed by atoms with Gasteiger partial charge in [-0.2, -0.15) is 0 Å². The first-order valence-corrected chi connectivity index (χ1v) is 11.1. The number of sulfonamides is 2. The Labute approximate surface area is 152 Å². The summed E-state index contributed by atoms with van der Waals surface area (Å²) in [6, 6.07) is 10.2. The summed E-state index contributed by atoms with van der Waals surface area (Å²) in [6.45, 7) is 1.77. The zero-order chi connectivity index (χ0) is 18.9. The van der Waals surface area contributed by atoms with Crippen molar-refractivity contribution in [2.24, 2.45) is 0 Å². The molecule has 3 rings (SSSR count). The van der Waals surface area contributed by atoms with Crippen molar-refractivity contribution in [3.05, 3.63) is 54.3 Å². The maximum Gasteiger partial charge on any atom is 0.264 e. The van der Waals surface area contributed by atoms with E-state index in [9.17, 15) is 21.2 Å². The van der Waals surface area contributed by atoms with Crippen molar-refractivity contribution in [3.63, 3.8) is 0 Å². The van der Waals surface area contributed by atoms with Crippen LogP contribution in [0.1, 0.15) is 19.8 Å². The molecule has 1 fully saturated rings. The summed E-state index contributed by atoms with van der Waals surface area (Å²) in [6.07, 6.45) is 1.57. The predicted octanol–water partition coefficient (Wildman–Crippen LogP) is 2.48. The molecule has 1 aliphatic rings. The van der Waals surface area contributed by atoms with Gasteiger partial charge in [0.25, 0.3) is 10.0 Å². The molecule has 1 saturated carbocycles. The number of halogens is 1. The highest BCUT2D eigenvalue weighted by Crippen LogP contribution is 2.26. The van der Waals surface area contributed by atoms with Gasteiger partial charge in [-0.25, -0.2) is 25.9 Å². The zero-order valence-corrected chi connectivity index (χ0v) is 15.7. The molecule has 0 aromatic heterocycles. The Morgan fingerprint density at radius 1 is 1.04 bits per heavy atom. The lowest BCUT2D eigenvalue weighted by Crippen LogP contribution is -2.31. The van der Waals surface area contributed by atoms with Gasteiger partial charge in [0.15, 0.2) is 0 Å². The lowest BCUT2D eigenvalue weighted by Gasteiger charge is -2.23. The van der Waals surface area contributed by atoms with Crippen molar-refractivity contribution in [1.29, 1.82) is 0 Å². The zero-order valence-electron chi connectivity index (χ0n) is 14.1. The molecule has 0 unspecified atom stereocenters. The van der Waals surface area contributed by atoms with E-state index in [-0.39, 0.29) is 22.4 Å². The van der Waals surface area contributed by atoms with Crippen LogP contribution in [-0.2, 0) is 20.0 Å². The molecule has 9 heteroatoms. The fraction of sp³-hybridized carbons (Fsp3) is 0.294. The van der Waals surface area contributed by atoms with Crippen LogP contribution in [0.25, 0.3) is 0 Å². The molecule has 26 heavy (non-hydrogen) atoms. The molecule has 2 aromatic carbocycles. The van der Waals surface area contributed by atoms with E-state index in [0.29, 0.717) is 5.69 Å². The lowest BCUT2D eigenvalue weighted by atomic mass is 10.3.